The molecule has 0 N–H and O–H groups in total. The van der Waals surface area contributed by atoms with Gasteiger partial charge in [-0.05, 0) is 24.7 Å². The molecule has 1 aliphatic carbocycles. The van der Waals surface area contributed by atoms with Crippen LogP contribution in [0.3, 0.4) is 0 Å². The van der Waals surface area contributed by atoms with Crippen molar-refractivity contribution in [3.05, 3.63) is 48.6 Å². The summed E-state index contributed by atoms with van der Waals surface area (Å²) in [6.45, 7) is 3.93. The van der Waals surface area contributed by atoms with E-state index in [-0.39, 0.29) is 5.78 Å². The fraction of sp³-hybridized carbons (Fsp3) is 0.471. The maximum atomic E-state index is 12.2. The Balaban J connectivity index is 1.97. The van der Waals surface area contributed by atoms with Crippen LogP contribution in [0.15, 0.2) is 43.0 Å². The second kappa shape index (κ2) is 6.53. The van der Waals surface area contributed by atoms with Gasteiger partial charge in [0.2, 0.25) is 0 Å². The molecule has 0 aromatic heterocycles. The Morgan fingerprint density at radius 3 is 2.50 bits per heavy atom. The van der Waals surface area contributed by atoms with E-state index in [9.17, 15) is 4.79 Å². The summed E-state index contributed by atoms with van der Waals surface area (Å²) in [6, 6.07) is 9.61. The minimum atomic E-state index is 0.256. The van der Waals surface area contributed by atoms with E-state index < -0.39 is 0 Å². The number of carbonyl (C=O) groups excluding carboxylic acids is 1. The zero-order valence-corrected chi connectivity index (χ0v) is 11.0. The lowest BCUT2D eigenvalue weighted by Crippen LogP contribution is -2.19. The Morgan fingerprint density at radius 1 is 1.22 bits per heavy atom. The van der Waals surface area contributed by atoms with Gasteiger partial charge in [0, 0.05) is 12.0 Å². The third-order valence-corrected chi connectivity index (χ3v) is 4.07. The van der Waals surface area contributed by atoms with Crippen LogP contribution >= 0.6 is 0 Å². The number of rotatable bonds is 5. The molecule has 1 nitrogen and oxygen atoms in total. The van der Waals surface area contributed by atoms with E-state index in [1.54, 1.807) is 0 Å². The SMILES string of the molecule is C=CC(CC(=O)c1ccccc1)C1CCCCC1. The standard InChI is InChI=1S/C17H22O/c1-2-14(15-9-5-3-6-10-15)13-17(18)16-11-7-4-8-12-16/h2,4,7-8,11-12,14-15H,1,3,5-6,9-10,13H2. The Hall–Kier alpha value is -1.37. The summed E-state index contributed by atoms with van der Waals surface area (Å²) < 4.78 is 0. The average molecular weight is 242 g/mol. The molecule has 2 rings (SSSR count). The first kappa shape index (κ1) is 13.1. The van der Waals surface area contributed by atoms with Crippen LogP contribution in [0.5, 0.6) is 0 Å². The van der Waals surface area contributed by atoms with Gasteiger partial charge in [0.1, 0.15) is 0 Å². The van der Waals surface area contributed by atoms with Crippen molar-refractivity contribution in [2.75, 3.05) is 0 Å². The van der Waals surface area contributed by atoms with E-state index in [0.29, 0.717) is 18.3 Å². The van der Waals surface area contributed by atoms with E-state index in [2.05, 4.69) is 6.58 Å². The minimum absolute atomic E-state index is 0.256. The molecule has 0 amide bonds. The third-order valence-electron chi connectivity index (χ3n) is 4.07. The fourth-order valence-corrected chi connectivity index (χ4v) is 2.96. The predicted octanol–water partition coefficient (Wildman–Crippen LogP) is 4.64. The Labute approximate surface area is 110 Å². The molecule has 0 saturated heterocycles. The van der Waals surface area contributed by atoms with Gasteiger partial charge in [-0.15, -0.1) is 6.58 Å². The van der Waals surface area contributed by atoms with Crippen LogP contribution in [0.1, 0.15) is 48.9 Å². The van der Waals surface area contributed by atoms with Gasteiger partial charge < -0.3 is 0 Å². The van der Waals surface area contributed by atoms with Crippen molar-refractivity contribution >= 4 is 5.78 Å². The van der Waals surface area contributed by atoms with Crippen molar-refractivity contribution in [2.24, 2.45) is 11.8 Å². The van der Waals surface area contributed by atoms with Gasteiger partial charge in [0.15, 0.2) is 5.78 Å². The van der Waals surface area contributed by atoms with E-state index in [4.69, 9.17) is 0 Å². The molecule has 0 radical (unpaired) electrons. The normalized spacial score (nSPS) is 18.2. The highest BCUT2D eigenvalue weighted by molar-refractivity contribution is 5.96. The molecule has 96 valence electrons. The van der Waals surface area contributed by atoms with Crippen molar-refractivity contribution in [3.8, 4) is 0 Å². The van der Waals surface area contributed by atoms with Gasteiger partial charge >= 0.3 is 0 Å². The van der Waals surface area contributed by atoms with Crippen LogP contribution in [-0.2, 0) is 0 Å². The molecular weight excluding hydrogens is 220 g/mol. The van der Waals surface area contributed by atoms with E-state index in [1.165, 1.54) is 32.1 Å². The second-order valence-electron chi connectivity index (χ2n) is 5.29. The number of hydrogen-bond acceptors (Lipinski definition) is 1. The maximum Gasteiger partial charge on any atom is 0.163 e. The summed E-state index contributed by atoms with van der Waals surface area (Å²) in [5.74, 6) is 1.29. The van der Waals surface area contributed by atoms with Gasteiger partial charge in [0.25, 0.3) is 0 Å². The molecule has 0 spiro atoms. The zero-order valence-electron chi connectivity index (χ0n) is 11.0. The quantitative estimate of drug-likeness (QED) is 0.543. The van der Waals surface area contributed by atoms with Crippen LogP contribution in [-0.4, -0.2) is 5.78 Å². The average Bonchev–Trinajstić information content (AvgIpc) is 2.46. The number of hydrogen-bond donors (Lipinski definition) is 0. The molecule has 0 aliphatic heterocycles. The number of benzene rings is 1. The molecular formula is C17H22O. The Kier molecular flexibility index (Phi) is 4.74. The number of Topliss-reactive ketones (excluding diaryl/α,β-unsaturated/α-hetero) is 1. The molecule has 1 aromatic rings. The van der Waals surface area contributed by atoms with Crippen LogP contribution in [0.2, 0.25) is 0 Å². The highest BCUT2D eigenvalue weighted by Crippen LogP contribution is 2.33. The lowest BCUT2D eigenvalue weighted by atomic mass is 9.77. The fourth-order valence-electron chi connectivity index (χ4n) is 2.96. The first-order valence-electron chi connectivity index (χ1n) is 7.02. The van der Waals surface area contributed by atoms with E-state index in [0.717, 1.165) is 5.56 Å². The molecule has 1 unspecified atom stereocenters. The molecule has 1 atom stereocenters. The molecule has 1 heteroatoms. The van der Waals surface area contributed by atoms with Gasteiger partial charge in [-0.1, -0.05) is 55.7 Å². The molecule has 1 fully saturated rings. The molecule has 0 bridgehead atoms. The zero-order chi connectivity index (χ0) is 12.8. The van der Waals surface area contributed by atoms with Crippen LogP contribution in [0.4, 0.5) is 0 Å². The summed E-state index contributed by atoms with van der Waals surface area (Å²) in [5.41, 5.74) is 0.833. The number of carbonyl (C=O) groups is 1. The highest BCUT2D eigenvalue weighted by Gasteiger charge is 2.23. The Morgan fingerprint density at radius 2 is 1.89 bits per heavy atom. The summed E-state index contributed by atoms with van der Waals surface area (Å²) in [6.07, 6.45) is 9.13. The first-order valence-corrected chi connectivity index (χ1v) is 7.02. The lowest BCUT2D eigenvalue weighted by Gasteiger charge is -2.27. The van der Waals surface area contributed by atoms with Crippen LogP contribution < -0.4 is 0 Å². The largest absolute Gasteiger partial charge is 0.294 e. The summed E-state index contributed by atoms with van der Waals surface area (Å²) in [4.78, 5) is 12.2. The van der Waals surface area contributed by atoms with Crippen molar-refractivity contribution < 1.29 is 4.79 Å². The molecule has 1 aliphatic rings. The van der Waals surface area contributed by atoms with Crippen molar-refractivity contribution in [2.45, 2.75) is 38.5 Å². The van der Waals surface area contributed by atoms with Gasteiger partial charge in [-0.2, -0.15) is 0 Å². The molecule has 0 heterocycles. The summed E-state index contributed by atoms with van der Waals surface area (Å²) in [7, 11) is 0. The number of allylic oxidation sites excluding steroid dienone is 1. The summed E-state index contributed by atoms with van der Waals surface area (Å²) in [5, 5.41) is 0. The van der Waals surface area contributed by atoms with Crippen LogP contribution in [0.25, 0.3) is 0 Å². The summed E-state index contributed by atoms with van der Waals surface area (Å²) >= 11 is 0. The van der Waals surface area contributed by atoms with Gasteiger partial charge in [-0.3, -0.25) is 4.79 Å². The van der Waals surface area contributed by atoms with Gasteiger partial charge in [-0.25, -0.2) is 0 Å². The highest BCUT2D eigenvalue weighted by atomic mass is 16.1. The van der Waals surface area contributed by atoms with Crippen molar-refractivity contribution in [1.82, 2.24) is 0 Å². The van der Waals surface area contributed by atoms with E-state index in [1.807, 2.05) is 36.4 Å². The van der Waals surface area contributed by atoms with Gasteiger partial charge in [0.05, 0.1) is 0 Å². The molecule has 1 aromatic carbocycles. The first-order chi connectivity index (χ1) is 8.81. The molecule has 18 heavy (non-hydrogen) atoms. The van der Waals surface area contributed by atoms with Crippen molar-refractivity contribution in [3.63, 3.8) is 0 Å². The predicted molar refractivity (Wildman–Crippen MR) is 75.7 cm³/mol. The monoisotopic (exact) mass is 242 g/mol. The second-order valence-corrected chi connectivity index (χ2v) is 5.29. The van der Waals surface area contributed by atoms with Crippen LogP contribution in [0, 0.1) is 11.8 Å². The number of ketones is 1. The minimum Gasteiger partial charge on any atom is -0.294 e. The Bertz CT molecular complexity index is 387. The maximum absolute atomic E-state index is 12.2. The van der Waals surface area contributed by atoms with E-state index >= 15 is 0 Å². The van der Waals surface area contributed by atoms with Crippen molar-refractivity contribution in [1.29, 1.82) is 0 Å². The smallest absolute Gasteiger partial charge is 0.163 e. The lowest BCUT2D eigenvalue weighted by molar-refractivity contribution is 0.0949. The topological polar surface area (TPSA) is 17.1 Å². The third kappa shape index (κ3) is 3.32. The molecule has 1 saturated carbocycles.